The van der Waals surface area contributed by atoms with Crippen LogP contribution in [0.5, 0.6) is 0 Å². The van der Waals surface area contributed by atoms with Gasteiger partial charge in [-0.05, 0) is 6.42 Å². The Morgan fingerprint density at radius 2 is 2.59 bits per heavy atom. The Morgan fingerprint density at radius 1 is 1.71 bits per heavy atom. The number of nitrogen functional groups attached to an aromatic ring is 1. The third-order valence-electron chi connectivity index (χ3n) is 2.54. The fraction of sp³-hybridized carbons (Fsp3) is 0.600. The van der Waals surface area contributed by atoms with Crippen molar-refractivity contribution in [3.05, 3.63) is 17.5 Å². The smallest absolute Gasteiger partial charge is 0.287 e. The molecule has 3 N–H and O–H groups in total. The zero-order chi connectivity index (χ0) is 12.1. The molecule has 0 aromatic carbocycles. The molecule has 0 bridgehead atoms. The predicted molar refractivity (Wildman–Crippen MR) is 56.7 cm³/mol. The van der Waals surface area contributed by atoms with Gasteiger partial charge in [-0.2, -0.15) is 0 Å². The molecule has 1 aromatic heterocycles. The molecular formula is C10H15N3O4. The van der Waals surface area contributed by atoms with Crippen LogP contribution in [0.15, 0.2) is 10.6 Å². The average molecular weight is 241 g/mol. The summed E-state index contributed by atoms with van der Waals surface area (Å²) in [6.07, 6.45) is 1.03. The van der Waals surface area contributed by atoms with Crippen molar-refractivity contribution in [2.45, 2.75) is 13.0 Å². The molecule has 0 aliphatic carbocycles. The van der Waals surface area contributed by atoms with Gasteiger partial charge < -0.3 is 14.0 Å². The minimum Gasteiger partial charge on any atom is -0.381 e. The largest absolute Gasteiger partial charge is 0.381 e. The van der Waals surface area contributed by atoms with E-state index in [1.165, 1.54) is 6.07 Å². The van der Waals surface area contributed by atoms with E-state index in [-0.39, 0.29) is 5.69 Å². The van der Waals surface area contributed by atoms with E-state index < -0.39 is 5.91 Å². The summed E-state index contributed by atoms with van der Waals surface area (Å²) in [5, 5.41) is 3.57. The van der Waals surface area contributed by atoms with Gasteiger partial charge in [-0.1, -0.05) is 5.16 Å². The summed E-state index contributed by atoms with van der Waals surface area (Å²) in [5.74, 6) is 5.44. The minimum atomic E-state index is -0.482. The van der Waals surface area contributed by atoms with E-state index in [0.29, 0.717) is 24.9 Å². The lowest BCUT2D eigenvalue weighted by Crippen LogP contribution is -2.30. The highest BCUT2D eigenvalue weighted by Crippen LogP contribution is 2.13. The lowest BCUT2D eigenvalue weighted by molar-refractivity contribution is 0.0659. The van der Waals surface area contributed by atoms with Crippen molar-refractivity contribution < 1.29 is 18.8 Å². The molecule has 94 valence electrons. The molecule has 1 aromatic rings. The molecule has 1 aliphatic heterocycles. The monoisotopic (exact) mass is 241 g/mol. The highest BCUT2D eigenvalue weighted by Gasteiger charge is 2.16. The third-order valence-corrected chi connectivity index (χ3v) is 2.54. The van der Waals surface area contributed by atoms with Gasteiger partial charge in [0, 0.05) is 18.6 Å². The molecule has 1 unspecified atom stereocenters. The Balaban J connectivity index is 1.74. The summed E-state index contributed by atoms with van der Waals surface area (Å²) < 4.78 is 15.6. The zero-order valence-corrected chi connectivity index (χ0v) is 9.35. The highest BCUT2D eigenvalue weighted by molar-refractivity contribution is 5.91. The van der Waals surface area contributed by atoms with Gasteiger partial charge in [-0.25, -0.2) is 5.84 Å². The molecule has 0 saturated carbocycles. The molecule has 1 atom stereocenters. The number of aromatic nitrogens is 1. The van der Waals surface area contributed by atoms with E-state index in [2.05, 4.69) is 5.16 Å². The topological polar surface area (TPSA) is 99.6 Å². The van der Waals surface area contributed by atoms with Crippen LogP contribution in [0.3, 0.4) is 0 Å². The second-order valence-corrected chi connectivity index (χ2v) is 3.90. The van der Waals surface area contributed by atoms with E-state index in [9.17, 15) is 4.79 Å². The number of carbonyl (C=O) groups is 1. The lowest BCUT2D eigenvalue weighted by atomic mass is 10.1. The molecule has 1 amide bonds. The molecule has 0 spiro atoms. The maximum absolute atomic E-state index is 11.1. The van der Waals surface area contributed by atoms with Crippen LogP contribution in [0.1, 0.15) is 22.7 Å². The van der Waals surface area contributed by atoms with Crippen LogP contribution in [-0.4, -0.2) is 30.9 Å². The van der Waals surface area contributed by atoms with Crippen LogP contribution in [0.25, 0.3) is 0 Å². The van der Waals surface area contributed by atoms with E-state index in [1.54, 1.807) is 0 Å². The molecule has 2 rings (SSSR count). The van der Waals surface area contributed by atoms with E-state index in [1.807, 2.05) is 5.43 Å². The van der Waals surface area contributed by atoms with Crippen molar-refractivity contribution >= 4 is 5.91 Å². The number of ether oxygens (including phenoxy) is 2. The molecule has 7 nitrogen and oxygen atoms in total. The number of hydrogen-bond donors (Lipinski definition) is 2. The first-order chi connectivity index (χ1) is 8.29. The van der Waals surface area contributed by atoms with Gasteiger partial charge in [0.1, 0.15) is 6.61 Å². The fourth-order valence-corrected chi connectivity index (χ4v) is 1.60. The molecule has 1 aliphatic rings. The van der Waals surface area contributed by atoms with E-state index >= 15 is 0 Å². The number of nitrogens with two attached hydrogens (primary N) is 1. The summed E-state index contributed by atoms with van der Waals surface area (Å²) in [6.45, 7) is 2.47. The summed E-state index contributed by atoms with van der Waals surface area (Å²) in [7, 11) is 0. The summed E-state index contributed by atoms with van der Waals surface area (Å²) >= 11 is 0. The first kappa shape index (κ1) is 12.0. The van der Waals surface area contributed by atoms with Crippen LogP contribution in [0, 0.1) is 5.92 Å². The number of carbonyl (C=O) groups excluding carboxylic acids is 1. The Labute approximate surface area is 98.2 Å². The normalized spacial score (nSPS) is 19.5. The van der Waals surface area contributed by atoms with Crippen molar-refractivity contribution in [3.63, 3.8) is 0 Å². The summed E-state index contributed by atoms with van der Waals surface area (Å²) in [6, 6.07) is 1.51. The minimum absolute atomic E-state index is 0.148. The first-order valence-electron chi connectivity index (χ1n) is 5.41. The molecule has 0 radical (unpaired) electrons. The van der Waals surface area contributed by atoms with Crippen molar-refractivity contribution in [1.82, 2.24) is 10.6 Å². The fourth-order valence-electron chi connectivity index (χ4n) is 1.60. The third kappa shape index (κ3) is 3.26. The van der Waals surface area contributed by atoms with Crippen molar-refractivity contribution in [2.24, 2.45) is 11.8 Å². The molecule has 1 fully saturated rings. The quantitative estimate of drug-likeness (QED) is 0.422. The van der Waals surface area contributed by atoms with Gasteiger partial charge in [-0.3, -0.25) is 10.2 Å². The second kappa shape index (κ2) is 5.76. The van der Waals surface area contributed by atoms with Crippen LogP contribution in [0.4, 0.5) is 0 Å². The SMILES string of the molecule is NNC(=O)c1cc(COCC2CCOC2)on1. The average Bonchev–Trinajstić information content (AvgIpc) is 2.99. The second-order valence-electron chi connectivity index (χ2n) is 3.90. The highest BCUT2D eigenvalue weighted by atomic mass is 16.5. The molecule has 7 heteroatoms. The Bertz CT molecular complexity index is 373. The molecule has 2 heterocycles. The Kier molecular flexibility index (Phi) is 4.08. The van der Waals surface area contributed by atoms with Crippen LogP contribution in [0.2, 0.25) is 0 Å². The molecule has 17 heavy (non-hydrogen) atoms. The zero-order valence-electron chi connectivity index (χ0n) is 9.35. The first-order valence-corrected chi connectivity index (χ1v) is 5.41. The maximum atomic E-state index is 11.1. The predicted octanol–water partition coefficient (Wildman–Crippen LogP) is -0.169. The summed E-state index contributed by atoms with van der Waals surface area (Å²) in [4.78, 5) is 11.1. The van der Waals surface area contributed by atoms with Gasteiger partial charge in [-0.15, -0.1) is 0 Å². The van der Waals surface area contributed by atoms with Crippen LogP contribution >= 0.6 is 0 Å². The van der Waals surface area contributed by atoms with Gasteiger partial charge in [0.05, 0.1) is 13.2 Å². The van der Waals surface area contributed by atoms with Gasteiger partial charge in [0.25, 0.3) is 5.91 Å². The van der Waals surface area contributed by atoms with E-state index in [4.69, 9.17) is 19.8 Å². The summed E-state index contributed by atoms with van der Waals surface area (Å²) in [5.41, 5.74) is 2.13. The number of hydrogen-bond acceptors (Lipinski definition) is 6. The Hall–Kier alpha value is -1.44. The number of amides is 1. The van der Waals surface area contributed by atoms with Crippen LogP contribution in [-0.2, 0) is 16.1 Å². The molecular weight excluding hydrogens is 226 g/mol. The number of nitrogens with zero attached hydrogens (tertiary/aromatic N) is 1. The lowest BCUT2D eigenvalue weighted by Gasteiger charge is -2.06. The van der Waals surface area contributed by atoms with Crippen molar-refractivity contribution in [2.75, 3.05) is 19.8 Å². The van der Waals surface area contributed by atoms with Crippen molar-refractivity contribution in [1.29, 1.82) is 0 Å². The number of rotatable bonds is 5. The number of hydrazine groups is 1. The van der Waals surface area contributed by atoms with Gasteiger partial charge in [0.2, 0.25) is 0 Å². The Morgan fingerprint density at radius 3 is 3.29 bits per heavy atom. The van der Waals surface area contributed by atoms with Gasteiger partial charge >= 0.3 is 0 Å². The molecule has 1 saturated heterocycles. The number of nitrogens with one attached hydrogen (secondary N) is 1. The van der Waals surface area contributed by atoms with Crippen LogP contribution < -0.4 is 11.3 Å². The maximum Gasteiger partial charge on any atom is 0.287 e. The van der Waals surface area contributed by atoms with Crippen molar-refractivity contribution in [3.8, 4) is 0 Å². The van der Waals surface area contributed by atoms with Gasteiger partial charge in [0.15, 0.2) is 11.5 Å². The van der Waals surface area contributed by atoms with E-state index in [0.717, 1.165) is 19.6 Å². The standard InChI is InChI=1S/C10H15N3O4/c11-12-10(14)9-3-8(17-13-9)6-16-5-7-1-2-15-4-7/h3,7H,1-2,4-6,11H2,(H,12,14).